The monoisotopic (exact) mass is 460 g/mol. The molecule has 2 heterocycles. The molecule has 0 atom stereocenters. The van der Waals surface area contributed by atoms with E-state index in [1.807, 2.05) is 24.5 Å². The first-order valence-corrected chi connectivity index (χ1v) is 11.5. The summed E-state index contributed by atoms with van der Waals surface area (Å²) in [6.45, 7) is 3.92. The molecule has 9 nitrogen and oxygen atoms in total. The molecule has 0 spiro atoms. The zero-order valence-electron chi connectivity index (χ0n) is 17.9. The molecule has 3 N–H and O–H groups in total. The van der Waals surface area contributed by atoms with Gasteiger partial charge in [-0.25, -0.2) is 18.4 Å². The third kappa shape index (κ3) is 4.02. The van der Waals surface area contributed by atoms with E-state index in [2.05, 4.69) is 14.7 Å². The average molecular weight is 461 g/mol. The van der Waals surface area contributed by atoms with E-state index in [0.717, 1.165) is 0 Å². The molecule has 10 heteroatoms. The first-order valence-electron chi connectivity index (χ1n) is 10.0. The molecule has 2 aromatic carbocycles. The number of nitrogen functional groups attached to an aromatic ring is 1. The SMILES string of the molecule is CC(C)n1cc(C(=O)c2cccc(NS(=O)(=O)c3ccccc3C#N)c2)c2c(N)ncnc21. The summed E-state index contributed by atoms with van der Waals surface area (Å²) in [5.74, 6) is -0.160. The molecule has 33 heavy (non-hydrogen) atoms. The molecule has 4 rings (SSSR count). The van der Waals surface area contributed by atoms with Crippen molar-refractivity contribution < 1.29 is 13.2 Å². The van der Waals surface area contributed by atoms with Crippen molar-refractivity contribution in [3.63, 3.8) is 0 Å². The topological polar surface area (TPSA) is 144 Å². The van der Waals surface area contributed by atoms with Crippen LogP contribution in [0.15, 0.2) is 66.0 Å². The zero-order valence-corrected chi connectivity index (χ0v) is 18.7. The van der Waals surface area contributed by atoms with Gasteiger partial charge < -0.3 is 10.3 Å². The van der Waals surface area contributed by atoms with Gasteiger partial charge in [-0.15, -0.1) is 0 Å². The van der Waals surface area contributed by atoms with Crippen molar-refractivity contribution >= 4 is 38.3 Å². The summed E-state index contributed by atoms with van der Waals surface area (Å²) in [7, 11) is -4.04. The number of nitrogens with zero attached hydrogens (tertiary/aromatic N) is 4. The van der Waals surface area contributed by atoms with E-state index < -0.39 is 10.0 Å². The van der Waals surface area contributed by atoms with E-state index in [9.17, 15) is 18.5 Å². The number of carbonyl (C=O) groups excluding carboxylic acids is 1. The number of nitrogens with one attached hydrogen (secondary N) is 1. The lowest BCUT2D eigenvalue weighted by atomic mass is 10.0. The van der Waals surface area contributed by atoms with Gasteiger partial charge in [-0.05, 0) is 38.1 Å². The highest BCUT2D eigenvalue weighted by atomic mass is 32.2. The minimum absolute atomic E-state index is 0.0224. The van der Waals surface area contributed by atoms with Gasteiger partial charge in [-0.1, -0.05) is 24.3 Å². The lowest BCUT2D eigenvalue weighted by Crippen LogP contribution is -2.15. The second-order valence-electron chi connectivity index (χ2n) is 7.62. The zero-order chi connectivity index (χ0) is 23.8. The number of carbonyl (C=O) groups is 1. The fourth-order valence-corrected chi connectivity index (χ4v) is 4.77. The van der Waals surface area contributed by atoms with Crippen molar-refractivity contribution in [2.75, 3.05) is 10.5 Å². The Morgan fingerprint density at radius 2 is 1.91 bits per heavy atom. The average Bonchev–Trinajstić information content (AvgIpc) is 3.20. The third-order valence-corrected chi connectivity index (χ3v) is 6.55. The highest BCUT2D eigenvalue weighted by Crippen LogP contribution is 2.29. The molecule has 0 unspecified atom stereocenters. The second kappa shape index (κ2) is 8.37. The number of benzene rings is 2. The number of sulfonamides is 1. The maximum atomic E-state index is 13.4. The predicted molar refractivity (Wildman–Crippen MR) is 124 cm³/mol. The molecule has 0 saturated carbocycles. The number of aromatic nitrogens is 3. The second-order valence-corrected chi connectivity index (χ2v) is 9.28. The van der Waals surface area contributed by atoms with Crippen molar-refractivity contribution in [3.05, 3.63) is 77.7 Å². The fraction of sp³-hybridized carbons (Fsp3) is 0.130. The van der Waals surface area contributed by atoms with Gasteiger partial charge in [0, 0.05) is 23.5 Å². The molecule has 0 fully saturated rings. The van der Waals surface area contributed by atoms with Crippen molar-refractivity contribution in [3.8, 4) is 6.07 Å². The Morgan fingerprint density at radius 1 is 1.15 bits per heavy atom. The Morgan fingerprint density at radius 3 is 2.64 bits per heavy atom. The number of fused-ring (bicyclic) bond motifs is 1. The molecule has 0 saturated heterocycles. The molecule has 0 radical (unpaired) electrons. The van der Waals surface area contributed by atoms with E-state index in [-0.39, 0.29) is 39.4 Å². The van der Waals surface area contributed by atoms with E-state index in [1.54, 1.807) is 24.4 Å². The number of hydrogen-bond donors (Lipinski definition) is 2. The Hall–Kier alpha value is -4.23. The molecule has 0 aliphatic heterocycles. The van der Waals surface area contributed by atoms with Crippen LogP contribution in [0.25, 0.3) is 11.0 Å². The summed E-state index contributed by atoms with van der Waals surface area (Å²) in [4.78, 5) is 21.5. The standard InChI is InChI=1S/C23H20N6O3S/c1-14(2)29-12-18(20-22(25)26-13-27-23(20)29)21(30)15-7-5-8-17(10-15)28-33(31,32)19-9-4-3-6-16(19)11-24/h3-10,12-14,28H,1-2H3,(H2,25,26,27). The number of anilines is 2. The smallest absolute Gasteiger partial charge is 0.263 e. The van der Waals surface area contributed by atoms with Crippen molar-refractivity contribution in [2.24, 2.45) is 0 Å². The van der Waals surface area contributed by atoms with Crippen LogP contribution >= 0.6 is 0 Å². The fourth-order valence-electron chi connectivity index (χ4n) is 3.56. The van der Waals surface area contributed by atoms with Gasteiger partial charge in [0.2, 0.25) is 0 Å². The van der Waals surface area contributed by atoms with Crippen LogP contribution in [0.4, 0.5) is 11.5 Å². The molecule has 0 aliphatic rings. The van der Waals surface area contributed by atoms with Gasteiger partial charge >= 0.3 is 0 Å². The van der Waals surface area contributed by atoms with Crippen LogP contribution in [0, 0.1) is 11.3 Å². The molecule has 4 aromatic rings. The van der Waals surface area contributed by atoms with Crippen LogP contribution in [0.2, 0.25) is 0 Å². The molecular weight excluding hydrogens is 440 g/mol. The highest BCUT2D eigenvalue weighted by Gasteiger charge is 2.23. The number of nitrogens with two attached hydrogens (primary N) is 1. The molecular formula is C23H20N6O3S. The Kier molecular flexibility index (Phi) is 5.57. The van der Waals surface area contributed by atoms with Gasteiger partial charge in [-0.3, -0.25) is 9.52 Å². The predicted octanol–water partition coefficient (Wildman–Crippen LogP) is 3.50. The first-order chi connectivity index (χ1) is 15.7. The van der Waals surface area contributed by atoms with E-state index in [0.29, 0.717) is 16.6 Å². The molecule has 0 aliphatic carbocycles. The maximum absolute atomic E-state index is 13.4. The summed E-state index contributed by atoms with van der Waals surface area (Å²) in [5, 5.41) is 9.68. The quantitative estimate of drug-likeness (QED) is 0.419. The summed E-state index contributed by atoms with van der Waals surface area (Å²) in [6, 6.07) is 13.9. The van der Waals surface area contributed by atoms with Crippen LogP contribution < -0.4 is 10.5 Å². The summed E-state index contributed by atoms with van der Waals surface area (Å²) < 4.78 is 30.0. The van der Waals surface area contributed by atoms with Gasteiger partial charge in [0.1, 0.15) is 28.8 Å². The lowest BCUT2D eigenvalue weighted by Gasteiger charge is -2.10. The Balaban J connectivity index is 1.74. The Labute approximate surface area is 190 Å². The highest BCUT2D eigenvalue weighted by molar-refractivity contribution is 7.92. The minimum Gasteiger partial charge on any atom is -0.383 e. The number of hydrogen-bond acceptors (Lipinski definition) is 7. The summed E-state index contributed by atoms with van der Waals surface area (Å²) >= 11 is 0. The summed E-state index contributed by atoms with van der Waals surface area (Å²) in [5.41, 5.74) is 7.40. The van der Waals surface area contributed by atoms with E-state index >= 15 is 0 Å². The first kappa shape index (κ1) is 22.0. The minimum atomic E-state index is -4.04. The normalized spacial score (nSPS) is 11.5. The largest absolute Gasteiger partial charge is 0.383 e. The Bertz CT molecular complexity index is 1530. The van der Waals surface area contributed by atoms with Crippen LogP contribution in [-0.4, -0.2) is 28.7 Å². The molecule has 166 valence electrons. The van der Waals surface area contributed by atoms with Gasteiger partial charge in [0.15, 0.2) is 5.78 Å². The van der Waals surface area contributed by atoms with Crippen LogP contribution in [0.3, 0.4) is 0 Å². The van der Waals surface area contributed by atoms with Gasteiger partial charge in [0.05, 0.1) is 16.5 Å². The molecule has 2 aromatic heterocycles. The van der Waals surface area contributed by atoms with Crippen molar-refractivity contribution in [1.82, 2.24) is 14.5 Å². The van der Waals surface area contributed by atoms with E-state index in [4.69, 9.17) is 5.73 Å². The summed E-state index contributed by atoms with van der Waals surface area (Å²) in [6.07, 6.45) is 3.03. The van der Waals surface area contributed by atoms with Crippen LogP contribution in [-0.2, 0) is 10.0 Å². The number of nitriles is 1. The molecule has 0 bridgehead atoms. The lowest BCUT2D eigenvalue weighted by molar-refractivity contribution is 0.104. The van der Waals surface area contributed by atoms with Crippen molar-refractivity contribution in [1.29, 1.82) is 5.26 Å². The number of ketones is 1. The van der Waals surface area contributed by atoms with Gasteiger partial charge in [-0.2, -0.15) is 5.26 Å². The van der Waals surface area contributed by atoms with Gasteiger partial charge in [0.25, 0.3) is 10.0 Å². The van der Waals surface area contributed by atoms with Crippen LogP contribution in [0.1, 0.15) is 41.4 Å². The van der Waals surface area contributed by atoms with Crippen molar-refractivity contribution in [2.45, 2.75) is 24.8 Å². The van der Waals surface area contributed by atoms with Crippen LogP contribution in [0.5, 0.6) is 0 Å². The molecule has 0 amide bonds. The third-order valence-electron chi connectivity index (χ3n) is 5.11. The van der Waals surface area contributed by atoms with E-state index in [1.165, 1.54) is 36.7 Å². The maximum Gasteiger partial charge on any atom is 0.263 e. The number of rotatable bonds is 6.